The number of aryl methyl sites for hydroxylation is 1. The number of aromatic nitrogens is 2. The molecule has 0 saturated carbocycles. The molecule has 1 N–H and O–H groups in total. The predicted octanol–water partition coefficient (Wildman–Crippen LogP) is 4.25. The Kier molecular flexibility index (Phi) is 8.41. The monoisotopic (exact) mass is 477 g/mol. The van der Waals surface area contributed by atoms with Crippen molar-refractivity contribution in [3.8, 4) is 11.3 Å². The number of hydrogen-bond acceptors (Lipinski definition) is 6. The van der Waals surface area contributed by atoms with Crippen molar-refractivity contribution in [2.75, 3.05) is 0 Å². The van der Waals surface area contributed by atoms with E-state index in [-0.39, 0.29) is 19.6 Å². The third-order valence-electron chi connectivity index (χ3n) is 5.13. The number of ether oxygens (including phenoxy) is 2. The van der Waals surface area contributed by atoms with Crippen molar-refractivity contribution in [1.82, 2.24) is 14.9 Å². The highest BCUT2D eigenvalue weighted by Gasteiger charge is 2.27. The van der Waals surface area contributed by atoms with Gasteiger partial charge in [-0.3, -0.25) is 4.57 Å². The zero-order valence-corrected chi connectivity index (χ0v) is 20.5. The molecule has 0 saturated heterocycles. The molecular weight excluding hydrogens is 446 g/mol. The van der Waals surface area contributed by atoms with Crippen LogP contribution in [0.1, 0.15) is 38.4 Å². The standard InChI is InChI=1S/C27H31N3O5/c1-19-17-23(21-13-9-6-10-14-21)28-25(32)30(19)16-15-22(24(31)35-27(2,3)4)29-26(33)34-18-20-11-7-5-8-12-20/h5-14,17,22H,15-16,18H2,1-4H3,(H,29,33)/t22-/m0/s1. The fourth-order valence-corrected chi connectivity index (χ4v) is 3.44. The molecule has 3 rings (SSSR count). The van der Waals surface area contributed by atoms with Gasteiger partial charge in [0.2, 0.25) is 0 Å². The van der Waals surface area contributed by atoms with Gasteiger partial charge in [0.15, 0.2) is 0 Å². The van der Waals surface area contributed by atoms with Crippen molar-refractivity contribution in [1.29, 1.82) is 0 Å². The number of amides is 1. The van der Waals surface area contributed by atoms with Gasteiger partial charge in [-0.15, -0.1) is 0 Å². The van der Waals surface area contributed by atoms with Crippen LogP contribution in [0.3, 0.4) is 0 Å². The largest absolute Gasteiger partial charge is 0.458 e. The van der Waals surface area contributed by atoms with Gasteiger partial charge in [0.1, 0.15) is 18.2 Å². The minimum atomic E-state index is -1.00. The maximum Gasteiger partial charge on any atom is 0.408 e. The van der Waals surface area contributed by atoms with Crippen LogP contribution in [-0.4, -0.2) is 33.3 Å². The van der Waals surface area contributed by atoms with E-state index in [1.54, 1.807) is 27.7 Å². The highest BCUT2D eigenvalue weighted by Crippen LogP contribution is 2.16. The van der Waals surface area contributed by atoms with Gasteiger partial charge in [0, 0.05) is 17.8 Å². The molecule has 0 aliphatic carbocycles. The van der Waals surface area contributed by atoms with Crippen LogP contribution in [-0.2, 0) is 27.4 Å². The number of alkyl carbamates (subject to hydrolysis) is 1. The molecule has 1 atom stereocenters. The topological polar surface area (TPSA) is 99.5 Å². The van der Waals surface area contributed by atoms with Gasteiger partial charge in [0.05, 0.1) is 5.69 Å². The number of carbonyl (C=O) groups is 2. The molecule has 1 heterocycles. The van der Waals surface area contributed by atoms with E-state index in [0.29, 0.717) is 11.4 Å². The second-order valence-electron chi connectivity index (χ2n) is 9.16. The summed E-state index contributed by atoms with van der Waals surface area (Å²) < 4.78 is 12.2. The molecule has 0 radical (unpaired) electrons. The summed E-state index contributed by atoms with van der Waals surface area (Å²) in [7, 11) is 0. The second-order valence-corrected chi connectivity index (χ2v) is 9.16. The summed E-state index contributed by atoms with van der Waals surface area (Å²) in [5.74, 6) is -0.603. The van der Waals surface area contributed by atoms with Crippen molar-refractivity contribution < 1.29 is 19.1 Å². The molecule has 0 aliphatic heterocycles. The third kappa shape index (κ3) is 7.81. The Morgan fingerprint density at radius 1 is 1.03 bits per heavy atom. The first-order chi connectivity index (χ1) is 16.6. The van der Waals surface area contributed by atoms with Gasteiger partial charge < -0.3 is 14.8 Å². The summed E-state index contributed by atoms with van der Waals surface area (Å²) in [6, 6.07) is 19.5. The van der Waals surface area contributed by atoms with Crippen molar-refractivity contribution in [3.05, 3.63) is 88.5 Å². The van der Waals surface area contributed by atoms with E-state index in [4.69, 9.17) is 9.47 Å². The lowest BCUT2D eigenvalue weighted by Gasteiger charge is -2.25. The van der Waals surface area contributed by atoms with E-state index < -0.39 is 29.4 Å². The van der Waals surface area contributed by atoms with Gasteiger partial charge in [-0.1, -0.05) is 60.7 Å². The number of esters is 1. The molecule has 0 bridgehead atoms. The van der Waals surface area contributed by atoms with Crippen LogP contribution in [0.15, 0.2) is 71.5 Å². The lowest BCUT2D eigenvalue weighted by molar-refractivity contribution is -0.157. The SMILES string of the molecule is Cc1cc(-c2ccccc2)nc(=O)n1CC[C@H](NC(=O)OCc1ccccc1)C(=O)OC(C)(C)C. The van der Waals surface area contributed by atoms with Crippen LogP contribution in [0.2, 0.25) is 0 Å². The predicted molar refractivity (Wildman–Crippen MR) is 133 cm³/mol. The van der Waals surface area contributed by atoms with Crippen molar-refractivity contribution >= 4 is 12.1 Å². The lowest BCUT2D eigenvalue weighted by atomic mass is 10.1. The summed E-state index contributed by atoms with van der Waals surface area (Å²) >= 11 is 0. The van der Waals surface area contributed by atoms with E-state index in [0.717, 1.165) is 11.1 Å². The normalized spacial score (nSPS) is 12.0. The third-order valence-corrected chi connectivity index (χ3v) is 5.13. The van der Waals surface area contributed by atoms with Gasteiger partial charge in [-0.2, -0.15) is 4.98 Å². The Bertz CT molecular complexity index is 1200. The molecule has 0 unspecified atom stereocenters. The molecule has 0 aliphatic rings. The first kappa shape index (κ1) is 25.7. The van der Waals surface area contributed by atoms with E-state index >= 15 is 0 Å². The molecule has 35 heavy (non-hydrogen) atoms. The molecule has 0 spiro atoms. The number of benzene rings is 2. The summed E-state index contributed by atoms with van der Waals surface area (Å²) in [6.45, 7) is 7.27. The lowest BCUT2D eigenvalue weighted by Crippen LogP contribution is -2.45. The molecular formula is C27H31N3O5. The zero-order valence-electron chi connectivity index (χ0n) is 20.5. The quantitative estimate of drug-likeness (QED) is 0.487. The van der Waals surface area contributed by atoms with Crippen molar-refractivity contribution in [3.63, 3.8) is 0 Å². The Hall–Kier alpha value is -3.94. The van der Waals surface area contributed by atoms with Crippen LogP contribution < -0.4 is 11.0 Å². The Morgan fingerprint density at radius 2 is 1.66 bits per heavy atom. The highest BCUT2D eigenvalue weighted by atomic mass is 16.6. The van der Waals surface area contributed by atoms with Crippen LogP contribution in [0.25, 0.3) is 11.3 Å². The van der Waals surface area contributed by atoms with Gasteiger partial charge >= 0.3 is 17.8 Å². The number of rotatable bonds is 8. The van der Waals surface area contributed by atoms with Crippen molar-refractivity contribution in [2.45, 2.75) is 58.9 Å². The number of carbonyl (C=O) groups excluding carboxylic acids is 2. The van der Waals surface area contributed by atoms with E-state index in [1.807, 2.05) is 66.7 Å². The number of nitrogens with one attached hydrogen (secondary N) is 1. The smallest absolute Gasteiger partial charge is 0.408 e. The van der Waals surface area contributed by atoms with Crippen molar-refractivity contribution in [2.24, 2.45) is 0 Å². The van der Waals surface area contributed by atoms with Gasteiger partial charge in [-0.25, -0.2) is 14.4 Å². The minimum absolute atomic E-state index is 0.0666. The van der Waals surface area contributed by atoms with Crippen LogP contribution in [0, 0.1) is 6.92 Å². The minimum Gasteiger partial charge on any atom is -0.458 e. The fraction of sp³-hybridized carbons (Fsp3) is 0.333. The molecule has 8 heteroatoms. The average molecular weight is 478 g/mol. The molecule has 0 fully saturated rings. The summed E-state index contributed by atoms with van der Waals surface area (Å²) in [5.41, 5.74) is 1.77. The molecule has 2 aromatic carbocycles. The van der Waals surface area contributed by atoms with Gasteiger partial charge in [0.25, 0.3) is 0 Å². The number of nitrogens with zero attached hydrogens (tertiary/aromatic N) is 2. The van der Waals surface area contributed by atoms with Crippen LogP contribution >= 0.6 is 0 Å². The summed E-state index contributed by atoms with van der Waals surface area (Å²) in [4.78, 5) is 42.2. The fourth-order valence-electron chi connectivity index (χ4n) is 3.44. The maximum absolute atomic E-state index is 12.8. The van der Waals surface area contributed by atoms with E-state index in [2.05, 4.69) is 10.3 Å². The van der Waals surface area contributed by atoms with E-state index in [1.165, 1.54) is 4.57 Å². The molecule has 8 nitrogen and oxygen atoms in total. The molecule has 3 aromatic rings. The van der Waals surface area contributed by atoms with E-state index in [9.17, 15) is 14.4 Å². The Labute approximate surface area is 204 Å². The van der Waals surface area contributed by atoms with Crippen LogP contribution in [0.4, 0.5) is 4.79 Å². The first-order valence-electron chi connectivity index (χ1n) is 11.5. The van der Waals surface area contributed by atoms with Gasteiger partial charge in [-0.05, 0) is 45.7 Å². The van der Waals surface area contributed by atoms with Crippen LogP contribution in [0.5, 0.6) is 0 Å². The molecule has 184 valence electrons. The zero-order chi connectivity index (χ0) is 25.4. The maximum atomic E-state index is 12.8. The Morgan fingerprint density at radius 3 is 2.26 bits per heavy atom. The summed E-state index contributed by atoms with van der Waals surface area (Å²) in [5, 5.41) is 2.58. The molecule has 1 aromatic heterocycles. The summed E-state index contributed by atoms with van der Waals surface area (Å²) in [6.07, 6.45) is -0.617. The Balaban J connectivity index is 1.71. The molecule has 1 amide bonds. The second kappa shape index (κ2) is 11.5. The average Bonchev–Trinajstić information content (AvgIpc) is 2.81. The highest BCUT2D eigenvalue weighted by molar-refractivity contribution is 5.81. The first-order valence-corrected chi connectivity index (χ1v) is 11.5. The number of hydrogen-bond donors (Lipinski definition) is 1.